The number of hydrogen-bond acceptors (Lipinski definition) is 3. The molecule has 2 aliphatic rings. The van der Waals surface area contributed by atoms with E-state index in [1.54, 1.807) is 0 Å². The van der Waals surface area contributed by atoms with Crippen LogP contribution in [0.15, 0.2) is 12.2 Å². The first-order valence-corrected chi connectivity index (χ1v) is 10.6. The standard InChI is InChI=1S/C16H28O3Si/c1-7-18-14(17)16(11-12-8-9-13(16)10-12)19-20(5,6)15(2,3)4/h8-9,12-13H,7,10-11H2,1-6H3. The van der Waals surface area contributed by atoms with Crippen molar-refractivity contribution < 1.29 is 14.0 Å². The maximum atomic E-state index is 12.6. The summed E-state index contributed by atoms with van der Waals surface area (Å²) in [6.07, 6.45) is 6.22. The second-order valence-corrected chi connectivity index (χ2v) is 12.4. The first-order valence-electron chi connectivity index (χ1n) is 7.68. The molecule has 0 heterocycles. The molecule has 1 saturated carbocycles. The van der Waals surface area contributed by atoms with E-state index in [2.05, 4.69) is 46.0 Å². The van der Waals surface area contributed by atoms with Crippen LogP contribution in [0, 0.1) is 11.8 Å². The number of carbonyl (C=O) groups is 1. The van der Waals surface area contributed by atoms with Crippen molar-refractivity contribution in [2.24, 2.45) is 11.8 Å². The zero-order valence-corrected chi connectivity index (χ0v) is 14.7. The van der Waals surface area contributed by atoms with Crippen LogP contribution < -0.4 is 0 Å². The predicted molar refractivity (Wildman–Crippen MR) is 83.0 cm³/mol. The first kappa shape index (κ1) is 15.8. The summed E-state index contributed by atoms with van der Waals surface area (Å²) in [5, 5.41) is 0.0953. The Bertz CT molecular complexity index is 422. The third-order valence-corrected chi connectivity index (χ3v) is 9.69. The molecular weight excluding hydrogens is 268 g/mol. The Hall–Kier alpha value is -0.613. The molecule has 3 unspecified atom stereocenters. The number of hydrogen-bond donors (Lipinski definition) is 0. The van der Waals surface area contributed by atoms with Gasteiger partial charge in [0.25, 0.3) is 0 Å². The largest absolute Gasteiger partial charge is 0.464 e. The summed E-state index contributed by atoms with van der Waals surface area (Å²) in [5.41, 5.74) is -0.724. The minimum absolute atomic E-state index is 0.0953. The van der Waals surface area contributed by atoms with Crippen LogP contribution >= 0.6 is 0 Å². The Labute approximate surface area is 123 Å². The highest BCUT2D eigenvalue weighted by Gasteiger charge is 2.59. The minimum atomic E-state index is -2.01. The smallest absolute Gasteiger partial charge is 0.337 e. The van der Waals surface area contributed by atoms with Gasteiger partial charge in [-0.25, -0.2) is 4.79 Å². The van der Waals surface area contributed by atoms with Gasteiger partial charge in [-0.2, -0.15) is 0 Å². The zero-order chi connectivity index (χ0) is 15.2. The average Bonchev–Trinajstić information content (AvgIpc) is 2.87. The molecule has 3 atom stereocenters. The summed E-state index contributed by atoms with van der Waals surface area (Å²) >= 11 is 0. The molecule has 114 valence electrons. The van der Waals surface area contributed by atoms with Crippen LogP contribution in [0.2, 0.25) is 18.1 Å². The van der Waals surface area contributed by atoms with Crippen molar-refractivity contribution in [1.82, 2.24) is 0 Å². The Morgan fingerprint density at radius 1 is 1.35 bits per heavy atom. The van der Waals surface area contributed by atoms with Gasteiger partial charge in [0.2, 0.25) is 0 Å². The van der Waals surface area contributed by atoms with E-state index in [4.69, 9.17) is 9.16 Å². The minimum Gasteiger partial charge on any atom is -0.464 e. The van der Waals surface area contributed by atoms with Crippen LogP contribution in [0.3, 0.4) is 0 Å². The van der Waals surface area contributed by atoms with Gasteiger partial charge in [0.15, 0.2) is 13.9 Å². The molecule has 0 aliphatic heterocycles. The lowest BCUT2D eigenvalue weighted by atomic mass is 9.88. The van der Waals surface area contributed by atoms with Gasteiger partial charge >= 0.3 is 5.97 Å². The highest BCUT2D eigenvalue weighted by molar-refractivity contribution is 6.74. The van der Waals surface area contributed by atoms with E-state index >= 15 is 0 Å². The molecule has 0 N–H and O–H groups in total. The van der Waals surface area contributed by atoms with Crippen molar-refractivity contribution in [1.29, 1.82) is 0 Å². The molecule has 0 amide bonds. The molecule has 0 aromatic rings. The van der Waals surface area contributed by atoms with Crippen molar-refractivity contribution in [3.8, 4) is 0 Å². The highest BCUT2D eigenvalue weighted by atomic mass is 28.4. The van der Waals surface area contributed by atoms with E-state index in [0.717, 1.165) is 12.8 Å². The van der Waals surface area contributed by atoms with E-state index in [1.807, 2.05) is 6.92 Å². The molecule has 2 aliphatic carbocycles. The van der Waals surface area contributed by atoms with E-state index in [0.29, 0.717) is 12.5 Å². The lowest BCUT2D eigenvalue weighted by Gasteiger charge is -2.45. The number of ether oxygens (including phenoxy) is 1. The average molecular weight is 296 g/mol. The topological polar surface area (TPSA) is 35.5 Å². The third-order valence-electron chi connectivity index (χ3n) is 5.20. The number of carbonyl (C=O) groups excluding carboxylic acids is 1. The maximum absolute atomic E-state index is 12.6. The molecule has 0 aromatic carbocycles. The molecule has 0 aromatic heterocycles. The van der Waals surface area contributed by atoms with Crippen molar-refractivity contribution in [2.75, 3.05) is 6.61 Å². The SMILES string of the molecule is CCOC(=O)C1(O[Si](C)(C)C(C)(C)C)CC2C=CC1C2. The van der Waals surface area contributed by atoms with Crippen molar-refractivity contribution in [2.45, 2.75) is 64.3 Å². The molecule has 20 heavy (non-hydrogen) atoms. The van der Waals surface area contributed by atoms with Crippen LogP contribution in [-0.2, 0) is 14.0 Å². The van der Waals surface area contributed by atoms with Crippen LogP contribution in [-0.4, -0.2) is 26.5 Å². The molecule has 1 fully saturated rings. The molecule has 0 radical (unpaired) electrons. The molecule has 3 nitrogen and oxygen atoms in total. The zero-order valence-electron chi connectivity index (χ0n) is 13.7. The van der Waals surface area contributed by atoms with Gasteiger partial charge in [-0.05, 0) is 43.8 Å². The predicted octanol–water partition coefficient (Wildman–Crippen LogP) is 3.91. The fourth-order valence-electron chi connectivity index (χ4n) is 3.07. The van der Waals surface area contributed by atoms with Crippen LogP contribution in [0.25, 0.3) is 0 Å². The normalized spacial score (nSPS) is 32.7. The summed E-state index contributed by atoms with van der Waals surface area (Å²) in [7, 11) is -2.01. The fraction of sp³-hybridized carbons (Fsp3) is 0.812. The lowest BCUT2D eigenvalue weighted by Crippen LogP contribution is -2.56. The molecule has 0 saturated heterocycles. The van der Waals surface area contributed by atoms with Crippen LogP contribution in [0.5, 0.6) is 0 Å². The van der Waals surface area contributed by atoms with Gasteiger partial charge in [-0.3, -0.25) is 0 Å². The summed E-state index contributed by atoms with van der Waals surface area (Å²) in [6.45, 7) is 13.3. The Kier molecular flexibility index (Phi) is 3.93. The summed E-state index contributed by atoms with van der Waals surface area (Å²) in [5.74, 6) is 0.525. The first-order chi connectivity index (χ1) is 9.12. The summed E-state index contributed by atoms with van der Waals surface area (Å²) < 4.78 is 12.0. The van der Waals surface area contributed by atoms with Gasteiger partial charge in [0.05, 0.1) is 6.61 Å². The highest BCUT2D eigenvalue weighted by Crippen LogP contribution is 2.52. The fourth-order valence-corrected chi connectivity index (χ4v) is 4.60. The molecule has 2 rings (SSSR count). The summed E-state index contributed by atoms with van der Waals surface area (Å²) in [6, 6.07) is 0. The van der Waals surface area contributed by atoms with Gasteiger partial charge in [-0.15, -0.1) is 0 Å². The van der Waals surface area contributed by atoms with Gasteiger partial charge in [0, 0.05) is 5.92 Å². The Morgan fingerprint density at radius 2 is 2.00 bits per heavy atom. The number of esters is 1. The van der Waals surface area contributed by atoms with Crippen LogP contribution in [0.4, 0.5) is 0 Å². The Balaban J connectivity index is 2.30. The monoisotopic (exact) mass is 296 g/mol. The van der Waals surface area contributed by atoms with Gasteiger partial charge < -0.3 is 9.16 Å². The summed E-state index contributed by atoms with van der Waals surface area (Å²) in [4.78, 5) is 12.6. The van der Waals surface area contributed by atoms with E-state index in [9.17, 15) is 4.79 Å². The van der Waals surface area contributed by atoms with Gasteiger partial charge in [-0.1, -0.05) is 32.9 Å². The maximum Gasteiger partial charge on any atom is 0.337 e. The van der Waals surface area contributed by atoms with Crippen LogP contribution in [0.1, 0.15) is 40.5 Å². The van der Waals surface area contributed by atoms with Crippen molar-refractivity contribution in [3.05, 3.63) is 12.2 Å². The quantitative estimate of drug-likeness (QED) is 0.448. The second-order valence-electron chi connectivity index (χ2n) is 7.66. The molecule has 0 spiro atoms. The number of rotatable bonds is 4. The lowest BCUT2D eigenvalue weighted by molar-refractivity contribution is -0.165. The molecule has 2 bridgehead atoms. The van der Waals surface area contributed by atoms with E-state index in [1.165, 1.54) is 0 Å². The van der Waals surface area contributed by atoms with Crippen molar-refractivity contribution in [3.63, 3.8) is 0 Å². The van der Waals surface area contributed by atoms with E-state index in [-0.39, 0.29) is 16.9 Å². The van der Waals surface area contributed by atoms with E-state index < -0.39 is 13.9 Å². The Morgan fingerprint density at radius 3 is 2.40 bits per heavy atom. The second kappa shape index (κ2) is 4.99. The van der Waals surface area contributed by atoms with Gasteiger partial charge in [0.1, 0.15) is 0 Å². The van der Waals surface area contributed by atoms with Crippen molar-refractivity contribution >= 4 is 14.3 Å². The third kappa shape index (κ3) is 2.48. The number of fused-ring (bicyclic) bond motifs is 2. The number of allylic oxidation sites excluding steroid dienone is 1. The molecular formula is C16H28O3Si. The molecule has 4 heteroatoms.